The Kier molecular flexibility index (Phi) is 11.0. The van der Waals surface area contributed by atoms with E-state index in [1.165, 1.54) is 24.1 Å². The van der Waals surface area contributed by atoms with Gasteiger partial charge in [0.2, 0.25) is 11.8 Å². The minimum atomic E-state index is -4.21. The summed E-state index contributed by atoms with van der Waals surface area (Å²) in [5.41, 5.74) is 1.61. The molecule has 0 heterocycles. The van der Waals surface area contributed by atoms with Crippen molar-refractivity contribution >= 4 is 50.7 Å². The number of sulfonamides is 1. The molecule has 3 aromatic rings. The van der Waals surface area contributed by atoms with Gasteiger partial charge in [0, 0.05) is 34.3 Å². The third-order valence-corrected chi connectivity index (χ3v) is 10.2. The molecule has 1 N–H and O–H groups in total. The average Bonchev–Trinajstić information content (AvgIpc) is 3.50. The van der Waals surface area contributed by atoms with Gasteiger partial charge in [-0.15, -0.1) is 0 Å². The lowest BCUT2D eigenvalue weighted by atomic mass is 10.1. The highest BCUT2D eigenvalue weighted by Crippen LogP contribution is 2.30. The Morgan fingerprint density at radius 1 is 1.00 bits per heavy atom. The molecule has 0 saturated heterocycles. The fourth-order valence-corrected chi connectivity index (χ4v) is 7.20. The van der Waals surface area contributed by atoms with Gasteiger partial charge in [0.1, 0.15) is 18.3 Å². The summed E-state index contributed by atoms with van der Waals surface area (Å²) >= 11 is 13.0. The van der Waals surface area contributed by atoms with E-state index >= 15 is 0 Å². The van der Waals surface area contributed by atoms with Gasteiger partial charge in [0.25, 0.3) is 10.0 Å². The number of amides is 2. The second kappa shape index (κ2) is 14.5. The zero-order chi connectivity index (χ0) is 31.1. The van der Waals surface area contributed by atoms with Crippen LogP contribution in [0.1, 0.15) is 50.2 Å². The van der Waals surface area contributed by atoms with Crippen LogP contribution in [0.25, 0.3) is 0 Å². The quantitative estimate of drug-likeness (QED) is 0.247. The van der Waals surface area contributed by atoms with E-state index in [0.717, 1.165) is 35.6 Å². The molecular formula is C32H37Cl2N3O5S. The van der Waals surface area contributed by atoms with Gasteiger partial charge in [0.05, 0.1) is 17.7 Å². The second-order valence-electron chi connectivity index (χ2n) is 10.7. The van der Waals surface area contributed by atoms with Crippen molar-refractivity contribution in [2.24, 2.45) is 0 Å². The molecule has 3 aromatic carbocycles. The van der Waals surface area contributed by atoms with Crippen molar-refractivity contribution in [1.29, 1.82) is 0 Å². The van der Waals surface area contributed by atoms with Gasteiger partial charge in [-0.3, -0.25) is 13.9 Å². The highest BCUT2D eigenvalue weighted by Gasteiger charge is 2.35. The molecule has 0 radical (unpaired) electrons. The number of anilines is 1. The van der Waals surface area contributed by atoms with Gasteiger partial charge < -0.3 is 15.0 Å². The molecule has 11 heteroatoms. The first-order valence-corrected chi connectivity index (χ1v) is 16.5. The molecule has 1 fully saturated rings. The molecule has 0 unspecified atom stereocenters. The zero-order valence-electron chi connectivity index (χ0n) is 24.6. The molecule has 1 aliphatic carbocycles. The van der Waals surface area contributed by atoms with Crippen molar-refractivity contribution in [3.05, 3.63) is 87.9 Å². The fraction of sp³-hybridized carbons (Fsp3) is 0.375. The molecule has 8 nitrogen and oxygen atoms in total. The largest absolute Gasteiger partial charge is 0.497 e. The number of ether oxygens (including phenoxy) is 1. The number of hydrogen-bond acceptors (Lipinski definition) is 5. The second-order valence-corrected chi connectivity index (χ2v) is 13.3. The molecule has 0 aromatic heterocycles. The number of carbonyl (C=O) groups excluding carboxylic acids is 2. The lowest BCUT2D eigenvalue weighted by Crippen LogP contribution is -2.53. The first kappa shape index (κ1) is 32.6. The number of hydrogen-bond donors (Lipinski definition) is 1. The third kappa shape index (κ3) is 7.82. The first-order valence-electron chi connectivity index (χ1n) is 14.3. The Bertz CT molecular complexity index is 1520. The maximum absolute atomic E-state index is 14.3. The number of benzene rings is 3. The highest BCUT2D eigenvalue weighted by atomic mass is 35.5. The summed E-state index contributed by atoms with van der Waals surface area (Å²) in [6, 6.07) is 17.1. The molecule has 1 aliphatic rings. The molecule has 0 aliphatic heterocycles. The third-order valence-electron chi connectivity index (χ3n) is 7.71. The number of rotatable bonds is 12. The SMILES string of the molecule is CC[C@@H](C(=O)NC1CCCC1)N(Cc1c(Cl)cccc1Cl)C(=O)CN(c1cccc(OC)c1)S(=O)(=O)c1ccc(C)cc1. The maximum atomic E-state index is 14.3. The minimum absolute atomic E-state index is 0.0282. The first-order chi connectivity index (χ1) is 20.5. The van der Waals surface area contributed by atoms with Crippen LogP contribution in [0.15, 0.2) is 71.6 Å². The van der Waals surface area contributed by atoms with Gasteiger partial charge in [0.15, 0.2) is 0 Å². The zero-order valence-corrected chi connectivity index (χ0v) is 26.9. The Balaban J connectivity index is 1.76. The van der Waals surface area contributed by atoms with Crippen LogP contribution in [0.2, 0.25) is 10.0 Å². The topological polar surface area (TPSA) is 96.0 Å². The van der Waals surface area contributed by atoms with Crippen LogP contribution in [-0.2, 0) is 26.2 Å². The lowest BCUT2D eigenvalue weighted by Gasteiger charge is -2.34. The van der Waals surface area contributed by atoms with E-state index in [-0.39, 0.29) is 29.1 Å². The molecule has 230 valence electrons. The normalized spacial score (nSPS) is 14.3. The molecule has 4 rings (SSSR count). The van der Waals surface area contributed by atoms with Crippen LogP contribution < -0.4 is 14.4 Å². The summed E-state index contributed by atoms with van der Waals surface area (Å²) in [6.45, 7) is 3.03. The Morgan fingerprint density at radius 3 is 2.23 bits per heavy atom. The van der Waals surface area contributed by atoms with E-state index in [2.05, 4.69) is 5.32 Å². The standard InChI is InChI=1S/C32H37Cl2N3O5S/c1-4-30(32(39)35-23-9-5-6-10-23)36(20-27-28(33)13-8-14-29(27)34)31(38)21-37(24-11-7-12-25(19-24)42-3)43(40,41)26-17-15-22(2)16-18-26/h7-8,11-19,23,30H,4-6,9-10,20-21H2,1-3H3,(H,35,39)/t30-/m0/s1. The van der Waals surface area contributed by atoms with Crippen LogP contribution >= 0.6 is 23.2 Å². The molecular weight excluding hydrogens is 609 g/mol. The van der Waals surface area contributed by atoms with E-state index in [9.17, 15) is 18.0 Å². The smallest absolute Gasteiger partial charge is 0.264 e. The van der Waals surface area contributed by atoms with Crippen LogP contribution in [0, 0.1) is 6.92 Å². The van der Waals surface area contributed by atoms with Crippen molar-refractivity contribution in [2.45, 2.75) is 69.5 Å². The summed E-state index contributed by atoms with van der Waals surface area (Å²) in [6.07, 6.45) is 4.13. The van der Waals surface area contributed by atoms with E-state index in [1.807, 2.05) is 13.8 Å². The summed E-state index contributed by atoms with van der Waals surface area (Å²) in [5, 5.41) is 3.78. The van der Waals surface area contributed by atoms with E-state index in [0.29, 0.717) is 27.8 Å². The van der Waals surface area contributed by atoms with Gasteiger partial charge in [-0.05, 0) is 62.6 Å². The van der Waals surface area contributed by atoms with Crippen LogP contribution in [0.5, 0.6) is 5.75 Å². The summed E-state index contributed by atoms with van der Waals surface area (Å²) < 4.78 is 34.5. The maximum Gasteiger partial charge on any atom is 0.264 e. The van der Waals surface area contributed by atoms with Crippen molar-refractivity contribution < 1.29 is 22.7 Å². The molecule has 1 atom stereocenters. The average molecular weight is 647 g/mol. The van der Waals surface area contributed by atoms with E-state index in [1.54, 1.807) is 54.6 Å². The number of halogens is 2. The van der Waals surface area contributed by atoms with Crippen molar-refractivity contribution in [3.8, 4) is 5.75 Å². The number of carbonyl (C=O) groups is 2. The van der Waals surface area contributed by atoms with Crippen LogP contribution in [-0.4, -0.2) is 50.9 Å². The summed E-state index contributed by atoms with van der Waals surface area (Å²) in [5.74, 6) is -0.445. The Hall–Kier alpha value is -3.27. The van der Waals surface area contributed by atoms with Gasteiger partial charge in [-0.2, -0.15) is 0 Å². The predicted molar refractivity (Wildman–Crippen MR) is 170 cm³/mol. The number of nitrogens with one attached hydrogen (secondary N) is 1. The molecule has 0 spiro atoms. The summed E-state index contributed by atoms with van der Waals surface area (Å²) in [4.78, 5) is 29.3. The number of nitrogens with zero attached hydrogens (tertiary/aromatic N) is 2. The molecule has 0 bridgehead atoms. The van der Waals surface area contributed by atoms with Crippen molar-refractivity contribution in [3.63, 3.8) is 0 Å². The van der Waals surface area contributed by atoms with Gasteiger partial charge in [-0.25, -0.2) is 8.42 Å². The highest BCUT2D eigenvalue weighted by molar-refractivity contribution is 7.92. The summed E-state index contributed by atoms with van der Waals surface area (Å²) in [7, 11) is -2.73. The fourth-order valence-electron chi connectivity index (χ4n) is 5.27. The molecule has 43 heavy (non-hydrogen) atoms. The molecule has 1 saturated carbocycles. The van der Waals surface area contributed by atoms with Crippen molar-refractivity contribution in [1.82, 2.24) is 10.2 Å². The van der Waals surface area contributed by atoms with Gasteiger partial charge in [-0.1, -0.05) is 72.8 Å². The predicted octanol–water partition coefficient (Wildman–Crippen LogP) is 6.37. The van der Waals surface area contributed by atoms with E-state index in [4.69, 9.17) is 27.9 Å². The van der Waals surface area contributed by atoms with Crippen LogP contribution in [0.3, 0.4) is 0 Å². The number of aryl methyl sites for hydroxylation is 1. The molecule has 2 amide bonds. The lowest BCUT2D eigenvalue weighted by molar-refractivity contribution is -0.140. The van der Waals surface area contributed by atoms with Gasteiger partial charge >= 0.3 is 0 Å². The Labute approximate surface area is 264 Å². The number of methoxy groups -OCH3 is 1. The van der Waals surface area contributed by atoms with E-state index < -0.39 is 28.5 Å². The van der Waals surface area contributed by atoms with Crippen LogP contribution in [0.4, 0.5) is 5.69 Å². The Morgan fingerprint density at radius 2 is 1.63 bits per heavy atom. The van der Waals surface area contributed by atoms with Crippen molar-refractivity contribution in [2.75, 3.05) is 18.0 Å². The minimum Gasteiger partial charge on any atom is -0.497 e. The monoisotopic (exact) mass is 645 g/mol.